The zero-order chi connectivity index (χ0) is 20.3. The molecule has 7 heteroatoms. The van der Waals surface area contributed by atoms with Gasteiger partial charge in [0.15, 0.2) is 0 Å². The molecule has 2 aliphatic heterocycles. The summed E-state index contributed by atoms with van der Waals surface area (Å²) in [5, 5.41) is 1.78. The summed E-state index contributed by atoms with van der Waals surface area (Å²) >= 11 is 1.25. The van der Waals surface area contributed by atoms with E-state index in [1.807, 2.05) is 6.07 Å². The lowest BCUT2D eigenvalue weighted by Gasteiger charge is -2.34. The first kappa shape index (κ1) is 20.6. The second-order valence-corrected chi connectivity index (χ2v) is 11.1. The lowest BCUT2D eigenvalue weighted by Crippen LogP contribution is -2.45. The Hall–Kier alpha value is -1.70. The first-order chi connectivity index (χ1) is 14.1. The van der Waals surface area contributed by atoms with Crippen molar-refractivity contribution in [2.24, 2.45) is 5.92 Å². The van der Waals surface area contributed by atoms with Crippen LogP contribution in [0, 0.1) is 5.92 Å². The first-order valence-electron chi connectivity index (χ1n) is 10.4. The fraction of sp³-hybridized carbons (Fsp3) is 0.500. The molecule has 2 fully saturated rings. The highest BCUT2D eigenvalue weighted by Crippen LogP contribution is 2.30. The van der Waals surface area contributed by atoms with E-state index in [1.54, 1.807) is 21.8 Å². The van der Waals surface area contributed by atoms with Crippen LogP contribution >= 0.6 is 11.3 Å². The molecule has 0 bridgehead atoms. The molecule has 2 aromatic rings. The van der Waals surface area contributed by atoms with Crippen molar-refractivity contribution < 1.29 is 13.2 Å². The van der Waals surface area contributed by atoms with Crippen LogP contribution in [0.1, 0.15) is 37.7 Å². The summed E-state index contributed by atoms with van der Waals surface area (Å²) in [5.41, 5.74) is 1.32. The van der Waals surface area contributed by atoms with Crippen molar-refractivity contribution in [3.63, 3.8) is 0 Å². The number of carbonyl (C=O) groups is 1. The monoisotopic (exact) mass is 432 g/mol. The number of aryl methyl sites for hydroxylation is 1. The molecular formula is C22H28N2O3S2. The molecule has 1 unspecified atom stereocenters. The maximum Gasteiger partial charge on any atom is 0.252 e. The number of hydrogen-bond donors (Lipinski definition) is 0. The van der Waals surface area contributed by atoms with Gasteiger partial charge in [0.2, 0.25) is 5.91 Å². The van der Waals surface area contributed by atoms with Crippen LogP contribution in [0.15, 0.2) is 52.1 Å². The Morgan fingerprint density at radius 1 is 1.00 bits per heavy atom. The molecule has 0 N–H and O–H groups in total. The van der Waals surface area contributed by atoms with E-state index in [9.17, 15) is 13.2 Å². The Kier molecular flexibility index (Phi) is 6.37. The van der Waals surface area contributed by atoms with Crippen molar-refractivity contribution in [2.45, 2.75) is 48.8 Å². The molecule has 0 spiro atoms. The average molecular weight is 433 g/mol. The normalized spacial score (nSPS) is 21.5. The molecule has 2 saturated heterocycles. The van der Waals surface area contributed by atoms with Crippen LogP contribution in [0.25, 0.3) is 0 Å². The van der Waals surface area contributed by atoms with Crippen LogP contribution in [0.5, 0.6) is 0 Å². The van der Waals surface area contributed by atoms with Crippen molar-refractivity contribution in [3.05, 3.63) is 53.4 Å². The molecule has 5 nitrogen and oxygen atoms in total. The third kappa shape index (κ3) is 4.57. The van der Waals surface area contributed by atoms with Crippen molar-refractivity contribution in [2.75, 3.05) is 19.6 Å². The van der Waals surface area contributed by atoms with E-state index in [-0.39, 0.29) is 11.8 Å². The number of thiophene rings is 1. The number of sulfonamides is 1. The topological polar surface area (TPSA) is 57.7 Å². The standard InChI is InChI=1S/C22H28N2O3S2/c25-22(24-14-4-8-20(24)11-10-18-6-2-1-3-7-18)19-12-15-23(16-13-19)29(26,27)21-9-5-17-28-21/h1-3,5-7,9,17,19-20H,4,8,10-16H2. The minimum Gasteiger partial charge on any atom is -0.339 e. The van der Waals surface area contributed by atoms with Crippen LogP contribution in [0.3, 0.4) is 0 Å². The summed E-state index contributed by atoms with van der Waals surface area (Å²) in [4.78, 5) is 15.2. The molecular weight excluding hydrogens is 404 g/mol. The molecule has 4 rings (SSSR count). The molecule has 0 aliphatic carbocycles. The summed E-state index contributed by atoms with van der Waals surface area (Å²) in [7, 11) is -3.41. The molecule has 1 amide bonds. The van der Waals surface area contributed by atoms with Gasteiger partial charge in [-0.15, -0.1) is 11.3 Å². The lowest BCUT2D eigenvalue weighted by molar-refractivity contribution is -0.137. The van der Waals surface area contributed by atoms with Gasteiger partial charge in [-0.1, -0.05) is 36.4 Å². The van der Waals surface area contributed by atoms with E-state index in [0.29, 0.717) is 36.2 Å². The summed E-state index contributed by atoms with van der Waals surface area (Å²) in [6, 6.07) is 14.2. The van der Waals surface area contributed by atoms with Gasteiger partial charge < -0.3 is 4.90 Å². The number of nitrogens with zero attached hydrogens (tertiary/aromatic N) is 2. The third-order valence-electron chi connectivity index (χ3n) is 6.16. The van der Waals surface area contributed by atoms with Gasteiger partial charge in [0.1, 0.15) is 4.21 Å². The predicted octanol–water partition coefficient (Wildman–Crippen LogP) is 3.77. The molecule has 29 heavy (non-hydrogen) atoms. The summed E-state index contributed by atoms with van der Waals surface area (Å²) in [5.74, 6) is 0.177. The highest BCUT2D eigenvalue weighted by molar-refractivity contribution is 7.91. The smallest absolute Gasteiger partial charge is 0.252 e. The second-order valence-electron chi connectivity index (χ2n) is 7.96. The Balaban J connectivity index is 1.33. The van der Waals surface area contributed by atoms with Crippen molar-refractivity contribution in [1.82, 2.24) is 9.21 Å². The zero-order valence-electron chi connectivity index (χ0n) is 16.6. The molecule has 156 valence electrons. The van der Waals surface area contributed by atoms with Gasteiger partial charge in [0.25, 0.3) is 10.0 Å². The van der Waals surface area contributed by atoms with Gasteiger partial charge in [-0.25, -0.2) is 8.42 Å². The fourth-order valence-electron chi connectivity index (χ4n) is 4.52. The zero-order valence-corrected chi connectivity index (χ0v) is 18.2. The number of benzene rings is 1. The van der Waals surface area contributed by atoms with Gasteiger partial charge in [0.05, 0.1) is 0 Å². The van der Waals surface area contributed by atoms with Gasteiger partial charge in [-0.2, -0.15) is 4.31 Å². The number of piperidine rings is 1. The van der Waals surface area contributed by atoms with E-state index in [2.05, 4.69) is 29.2 Å². The van der Waals surface area contributed by atoms with Crippen LogP contribution in [-0.2, 0) is 21.2 Å². The molecule has 1 atom stereocenters. The summed E-state index contributed by atoms with van der Waals surface area (Å²) < 4.78 is 27.3. The van der Waals surface area contributed by atoms with E-state index in [1.165, 1.54) is 16.9 Å². The number of amides is 1. The molecule has 0 saturated carbocycles. The van der Waals surface area contributed by atoms with Crippen LogP contribution in [-0.4, -0.2) is 49.2 Å². The highest BCUT2D eigenvalue weighted by atomic mass is 32.2. The minimum absolute atomic E-state index is 0.0536. The Labute approximate surface area is 177 Å². The minimum atomic E-state index is -3.41. The SMILES string of the molecule is O=C(C1CCN(S(=O)(=O)c2cccs2)CC1)N1CCCC1CCc1ccccc1. The maximum absolute atomic E-state index is 13.2. The Morgan fingerprint density at radius 2 is 1.76 bits per heavy atom. The predicted molar refractivity (Wildman–Crippen MR) is 115 cm³/mol. The number of likely N-dealkylation sites (tertiary alicyclic amines) is 1. The highest BCUT2D eigenvalue weighted by Gasteiger charge is 2.37. The van der Waals surface area contributed by atoms with E-state index in [0.717, 1.165) is 32.2 Å². The molecule has 2 aliphatic rings. The summed E-state index contributed by atoms with van der Waals surface area (Å²) in [6.45, 7) is 1.70. The van der Waals surface area contributed by atoms with Crippen LogP contribution in [0.4, 0.5) is 0 Å². The van der Waals surface area contributed by atoms with E-state index in [4.69, 9.17) is 0 Å². The Morgan fingerprint density at radius 3 is 2.45 bits per heavy atom. The van der Waals surface area contributed by atoms with Gasteiger partial charge >= 0.3 is 0 Å². The molecule has 1 aromatic heterocycles. The summed E-state index contributed by atoms with van der Waals surface area (Å²) in [6.07, 6.45) is 5.37. The largest absolute Gasteiger partial charge is 0.339 e. The van der Waals surface area contributed by atoms with Gasteiger partial charge in [-0.05, 0) is 55.5 Å². The van der Waals surface area contributed by atoms with Crippen LogP contribution < -0.4 is 0 Å². The third-order valence-corrected chi connectivity index (χ3v) is 9.43. The Bertz CT molecular complexity index is 905. The van der Waals surface area contributed by atoms with Gasteiger partial charge in [0, 0.05) is 31.6 Å². The van der Waals surface area contributed by atoms with Crippen molar-refractivity contribution in [3.8, 4) is 0 Å². The maximum atomic E-state index is 13.2. The quantitative estimate of drug-likeness (QED) is 0.698. The molecule has 1 aromatic carbocycles. The average Bonchev–Trinajstić information content (AvgIpc) is 3.45. The van der Waals surface area contributed by atoms with E-state index < -0.39 is 10.0 Å². The number of rotatable bonds is 6. The molecule has 3 heterocycles. The second kappa shape index (κ2) is 8.98. The first-order valence-corrected chi connectivity index (χ1v) is 12.8. The fourth-order valence-corrected chi connectivity index (χ4v) is 7.13. The van der Waals surface area contributed by atoms with Crippen LogP contribution in [0.2, 0.25) is 0 Å². The molecule has 0 radical (unpaired) electrons. The van der Waals surface area contributed by atoms with Crippen molar-refractivity contribution in [1.29, 1.82) is 0 Å². The van der Waals surface area contributed by atoms with E-state index >= 15 is 0 Å². The lowest BCUT2D eigenvalue weighted by atomic mass is 9.95. The number of carbonyl (C=O) groups excluding carboxylic acids is 1. The van der Waals surface area contributed by atoms with Crippen molar-refractivity contribution >= 4 is 27.3 Å². The number of hydrogen-bond acceptors (Lipinski definition) is 4. The van der Waals surface area contributed by atoms with Gasteiger partial charge in [-0.3, -0.25) is 4.79 Å².